The van der Waals surface area contributed by atoms with Crippen LogP contribution in [0.15, 0.2) is 54.9 Å². The van der Waals surface area contributed by atoms with Crippen LogP contribution in [0.1, 0.15) is 15.9 Å². The van der Waals surface area contributed by atoms with Gasteiger partial charge in [0.2, 0.25) is 0 Å². The maximum atomic E-state index is 11.8. The van der Waals surface area contributed by atoms with E-state index in [1.54, 1.807) is 6.42 Å². The molecule has 0 spiro atoms. The van der Waals surface area contributed by atoms with Crippen LogP contribution in [0.3, 0.4) is 0 Å². The molecule has 2 nitrogen and oxygen atoms in total. The number of aromatic nitrogens is 1. The zero-order chi connectivity index (χ0) is 11.4. The molecule has 2 rings (SSSR count). The van der Waals surface area contributed by atoms with E-state index >= 15 is 0 Å². The number of hydrogen-bond acceptors (Lipinski definition) is 1. The summed E-state index contributed by atoms with van der Waals surface area (Å²) in [5.74, 6) is 0.0365. The molecule has 1 radical (unpaired) electrons. The Bertz CT molecular complexity index is 474. The van der Waals surface area contributed by atoms with E-state index in [9.17, 15) is 4.79 Å². The molecule has 0 saturated heterocycles. The van der Waals surface area contributed by atoms with Gasteiger partial charge in [0.25, 0.3) is 0 Å². The topological polar surface area (TPSA) is 20.9 Å². The summed E-state index contributed by atoms with van der Waals surface area (Å²) in [7, 11) is 1.95. The Morgan fingerprint density at radius 1 is 1.06 bits per heavy atom. The molecule has 79 valence electrons. The number of hydrogen-bond donors (Lipinski definition) is 0. The fraction of sp³-hybridized carbons (Fsp3) is 0.0714. The van der Waals surface area contributed by atoms with E-state index in [1.165, 1.54) is 0 Å². The Kier molecular flexibility index (Phi) is 3.10. The number of rotatable bonds is 3. The molecule has 0 bridgehead atoms. The summed E-state index contributed by atoms with van der Waals surface area (Å²) in [5.41, 5.74) is 1.64. The molecule has 2 heteroatoms. The first-order valence-electron chi connectivity index (χ1n) is 5.15. The molecule has 2 aromatic rings. The second-order valence-electron chi connectivity index (χ2n) is 3.67. The van der Waals surface area contributed by atoms with E-state index in [1.807, 2.05) is 66.5 Å². The first-order chi connectivity index (χ1) is 7.75. The maximum absolute atomic E-state index is 11.8. The lowest BCUT2D eigenvalue weighted by atomic mass is 10.0. The monoisotopic (exact) mass is 211 g/mol. The molecular weight excluding hydrogens is 198 g/mol. The third kappa shape index (κ3) is 2.54. The standard InChI is InChI=1S/C14H13NO/c1-15-9-7-12(8-10-15)11-14(16)13-5-3-2-4-6-13/h2-11H,1H3/q+1. The minimum absolute atomic E-state index is 0.0365. The largest absolute Gasteiger partial charge is 0.293 e. The minimum Gasteiger partial charge on any atom is -0.293 e. The van der Waals surface area contributed by atoms with Gasteiger partial charge in [0.15, 0.2) is 18.2 Å². The third-order valence-electron chi connectivity index (χ3n) is 2.36. The summed E-state index contributed by atoms with van der Waals surface area (Å²) in [4.78, 5) is 11.8. The van der Waals surface area contributed by atoms with Gasteiger partial charge in [-0.05, 0) is 5.56 Å². The van der Waals surface area contributed by atoms with Crippen LogP contribution in [0.4, 0.5) is 0 Å². The van der Waals surface area contributed by atoms with Crippen molar-refractivity contribution in [2.24, 2.45) is 7.05 Å². The van der Waals surface area contributed by atoms with Crippen molar-refractivity contribution in [3.8, 4) is 0 Å². The van der Waals surface area contributed by atoms with E-state index < -0.39 is 0 Å². The number of benzene rings is 1. The van der Waals surface area contributed by atoms with Crippen LogP contribution in [-0.2, 0) is 7.05 Å². The minimum atomic E-state index is 0.0365. The van der Waals surface area contributed by atoms with Gasteiger partial charge in [0.05, 0.1) is 6.42 Å². The highest BCUT2D eigenvalue weighted by Crippen LogP contribution is 2.07. The van der Waals surface area contributed by atoms with Gasteiger partial charge < -0.3 is 0 Å². The Morgan fingerprint density at radius 3 is 2.31 bits per heavy atom. The van der Waals surface area contributed by atoms with E-state index in [4.69, 9.17) is 0 Å². The highest BCUT2D eigenvalue weighted by molar-refractivity contribution is 6.04. The van der Waals surface area contributed by atoms with Crippen LogP contribution in [0, 0.1) is 6.42 Å². The molecule has 0 amide bonds. The summed E-state index contributed by atoms with van der Waals surface area (Å²) in [6, 6.07) is 13.1. The second kappa shape index (κ2) is 4.71. The lowest BCUT2D eigenvalue weighted by Crippen LogP contribution is -2.26. The van der Waals surface area contributed by atoms with Crippen LogP contribution in [0.25, 0.3) is 0 Å². The lowest BCUT2D eigenvalue weighted by molar-refractivity contribution is -0.671. The Morgan fingerprint density at radius 2 is 1.69 bits per heavy atom. The average Bonchev–Trinajstić information content (AvgIpc) is 2.33. The summed E-state index contributed by atoms with van der Waals surface area (Å²) < 4.78 is 1.93. The fourth-order valence-electron chi connectivity index (χ4n) is 1.45. The van der Waals surface area contributed by atoms with Gasteiger partial charge in [-0.1, -0.05) is 30.3 Å². The van der Waals surface area contributed by atoms with Crippen molar-refractivity contribution in [1.82, 2.24) is 0 Å². The molecule has 0 saturated carbocycles. The Labute approximate surface area is 95.2 Å². The maximum Gasteiger partial charge on any atom is 0.171 e. The molecule has 1 heterocycles. The molecule has 0 aliphatic heterocycles. The zero-order valence-corrected chi connectivity index (χ0v) is 9.13. The summed E-state index contributed by atoms with van der Waals surface area (Å²) in [6.45, 7) is 0. The Hall–Kier alpha value is -1.96. The number of aryl methyl sites for hydroxylation is 1. The second-order valence-corrected chi connectivity index (χ2v) is 3.67. The van der Waals surface area contributed by atoms with Gasteiger partial charge in [-0.25, -0.2) is 4.57 Å². The molecule has 0 fully saturated rings. The van der Waals surface area contributed by atoms with Crippen molar-refractivity contribution in [2.75, 3.05) is 0 Å². The summed E-state index contributed by atoms with van der Waals surface area (Å²) in [5, 5.41) is 0. The number of pyridine rings is 1. The molecule has 1 aromatic carbocycles. The molecule has 0 aliphatic rings. The van der Waals surface area contributed by atoms with E-state index in [0.29, 0.717) is 0 Å². The first kappa shape index (κ1) is 10.6. The predicted octanol–water partition coefficient (Wildman–Crippen LogP) is 1.95. The normalized spacial score (nSPS) is 10.1. The smallest absolute Gasteiger partial charge is 0.171 e. The highest BCUT2D eigenvalue weighted by Gasteiger charge is 2.07. The first-order valence-corrected chi connectivity index (χ1v) is 5.15. The van der Waals surface area contributed by atoms with Crippen LogP contribution >= 0.6 is 0 Å². The fourth-order valence-corrected chi connectivity index (χ4v) is 1.45. The van der Waals surface area contributed by atoms with Crippen molar-refractivity contribution in [2.45, 2.75) is 0 Å². The lowest BCUT2D eigenvalue weighted by Gasteiger charge is -1.99. The predicted molar refractivity (Wildman–Crippen MR) is 61.8 cm³/mol. The van der Waals surface area contributed by atoms with Crippen molar-refractivity contribution in [3.63, 3.8) is 0 Å². The number of nitrogens with zero attached hydrogens (tertiary/aromatic N) is 1. The quantitative estimate of drug-likeness (QED) is 0.561. The number of carbonyl (C=O) groups is 1. The highest BCUT2D eigenvalue weighted by atomic mass is 16.1. The average molecular weight is 211 g/mol. The molecule has 1 aromatic heterocycles. The van der Waals surface area contributed by atoms with Crippen LogP contribution < -0.4 is 4.57 Å². The SMILES string of the molecule is C[n+]1ccc([CH]C(=O)c2ccccc2)cc1. The van der Waals surface area contributed by atoms with E-state index in [0.717, 1.165) is 11.1 Å². The number of carbonyl (C=O) groups excluding carboxylic acids is 1. The number of ketones is 1. The Balaban J connectivity index is 2.11. The summed E-state index contributed by atoms with van der Waals surface area (Å²) in [6.07, 6.45) is 5.49. The van der Waals surface area contributed by atoms with Gasteiger partial charge in [-0.15, -0.1) is 0 Å². The molecule has 0 aliphatic carbocycles. The molecule has 16 heavy (non-hydrogen) atoms. The molecule has 0 atom stereocenters. The van der Waals surface area contributed by atoms with Gasteiger partial charge in [-0.3, -0.25) is 4.79 Å². The van der Waals surface area contributed by atoms with Crippen molar-refractivity contribution < 1.29 is 9.36 Å². The van der Waals surface area contributed by atoms with Crippen LogP contribution in [-0.4, -0.2) is 5.78 Å². The van der Waals surface area contributed by atoms with E-state index in [-0.39, 0.29) is 5.78 Å². The van der Waals surface area contributed by atoms with Crippen molar-refractivity contribution in [3.05, 3.63) is 72.4 Å². The van der Waals surface area contributed by atoms with Gasteiger partial charge >= 0.3 is 0 Å². The summed E-state index contributed by atoms with van der Waals surface area (Å²) >= 11 is 0. The molecule has 0 N–H and O–H groups in total. The van der Waals surface area contributed by atoms with Gasteiger partial charge in [0.1, 0.15) is 7.05 Å². The third-order valence-corrected chi connectivity index (χ3v) is 2.36. The van der Waals surface area contributed by atoms with Gasteiger partial charge in [0, 0.05) is 17.7 Å². The van der Waals surface area contributed by atoms with Crippen molar-refractivity contribution in [1.29, 1.82) is 0 Å². The molecular formula is C14H13NO+. The van der Waals surface area contributed by atoms with Gasteiger partial charge in [-0.2, -0.15) is 0 Å². The zero-order valence-electron chi connectivity index (χ0n) is 9.13. The van der Waals surface area contributed by atoms with E-state index in [2.05, 4.69) is 0 Å². The van der Waals surface area contributed by atoms with Crippen LogP contribution in [0.5, 0.6) is 0 Å². The van der Waals surface area contributed by atoms with Crippen molar-refractivity contribution >= 4 is 5.78 Å². The molecule has 0 unspecified atom stereocenters. The number of Topliss-reactive ketones (excluding diaryl/α,β-unsaturated/α-hetero) is 1. The van der Waals surface area contributed by atoms with Crippen LogP contribution in [0.2, 0.25) is 0 Å².